The van der Waals surface area contributed by atoms with E-state index in [0.29, 0.717) is 0 Å². The Morgan fingerprint density at radius 3 is 2.19 bits per heavy atom. The van der Waals surface area contributed by atoms with Crippen LogP contribution < -0.4 is 11.1 Å². The number of amides is 1. The van der Waals surface area contributed by atoms with Gasteiger partial charge in [0.1, 0.15) is 0 Å². The molecule has 0 radical (unpaired) electrons. The number of carbonyl (C=O) groups is 3. The smallest absolute Gasteiger partial charge is 0.344 e. The van der Waals surface area contributed by atoms with Crippen molar-refractivity contribution in [2.75, 3.05) is 0 Å². The third-order valence-corrected chi connectivity index (χ3v) is 1.84. The van der Waals surface area contributed by atoms with Crippen LogP contribution in [0.25, 0.3) is 0 Å². The van der Waals surface area contributed by atoms with E-state index in [-0.39, 0.29) is 5.57 Å². The first-order chi connectivity index (χ1) is 7.19. The van der Waals surface area contributed by atoms with E-state index in [2.05, 4.69) is 6.58 Å². The van der Waals surface area contributed by atoms with Crippen LogP contribution in [0.4, 0.5) is 0 Å². The minimum Gasteiger partial charge on any atom is -0.481 e. The van der Waals surface area contributed by atoms with Crippen LogP contribution in [0.3, 0.4) is 0 Å². The molecule has 0 bridgehead atoms. The number of carboxylic acids is 2. The molecule has 0 fully saturated rings. The summed E-state index contributed by atoms with van der Waals surface area (Å²) in [5.41, 5.74) is 3.39. The molecule has 90 valence electrons. The van der Waals surface area contributed by atoms with Crippen LogP contribution in [-0.4, -0.2) is 33.7 Å². The van der Waals surface area contributed by atoms with Gasteiger partial charge < -0.3 is 15.5 Å². The molecule has 0 spiro atoms. The van der Waals surface area contributed by atoms with Crippen molar-refractivity contribution in [2.24, 2.45) is 5.73 Å². The van der Waals surface area contributed by atoms with Crippen molar-refractivity contribution in [3.05, 3.63) is 12.2 Å². The molecule has 0 rings (SSSR count). The average Bonchev–Trinajstić information content (AvgIpc) is 2.14. The van der Waals surface area contributed by atoms with Gasteiger partial charge in [0.25, 0.3) is 0 Å². The second-order valence-corrected chi connectivity index (χ2v) is 3.40. The van der Waals surface area contributed by atoms with Gasteiger partial charge >= 0.3 is 11.9 Å². The van der Waals surface area contributed by atoms with Crippen LogP contribution in [0, 0.1) is 0 Å². The number of hydrogen-bond donors (Lipinski definition) is 4. The molecule has 0 saturated heterocycles. The van der Waals surface area contributed by atoms with E-state index in [4.69, 9.17) is 15.9 Å². The highest BCUT2D eigenvalue weighted by Crippen LogP contribution is 2.08. The van der Waals surface area contributed by atoms with Crippen LogP contribution in [0.5, 0.6) is 0 Å². The third kappa shape index (κ3) is 4.09. The molecule has 0 aliphatic heterocycles. The zero-order valence-corrected chi connectivity index (χ0v) is 8.82. The summed E-state index contributed by atoms with van der Waals surface area (Å²) in [4.78, 5) is 32.3. The number of rotatable bonds is 6. The molecule has 1 amide bonds. The Bertz CT molecular complexity index is 339. The number of hydrogen-bond acceptors (Lipinski definition) is 4. The minimum atomic E-state index is -2.09. The fourth-order valence-corrected chi connectivity index (χ4v) is 0.836. The van der Waals surface area contributed by atoms with Crippen molar-refractivity contribution in [1.29, 1.82) is 0 Å². The molecule has 16 heavy (non-hydrogen) atoms. The van der Waals surface area contributed by atoms with Gasteiger partial charge in [0.2, 0.25) is 5.91 Å². The summed E-state index contributed by atoms with van der Waals surface area (Å²) in [6, 6.07) is 0. The Kier molecular flexibility index (Phi) is 4.64. The lowest BCUT2D eigenvalue weighted by Crippen LogP contribution is -2.61. The lowest BCUT2D eigenvalue weighted by Gasteiger charge is -2.25. The molecular weight excluding hydrogens is 216 g/mol. The van der Waals surface area contributed by atoms with Crippen LogP contribution >= 0.6 is 0 Å². The Labute approximate surface area is 91.9 Å². The normalized spacial score (nSPS) is 13.6. The van der Waals surface area contributed by atoms with Gasteiger partial charge in [-0.2, -0.15) is 0 Å². The summed E-state index contributed by atoms with van der Waals surface area (Å²) in [6.45, 7) is 4.70. The van der Waals surface area contributed by atoms with E-state index in [9.17, 15) is 14.4 Å². The summed E-state index contributed by atoms with van der Waals surface area (Å²) in [6.07, 6.45) is -0.865. The maximum absolute atomic E-state index is 11.2. The Balaban J connectivity index is 4.70. The number of carboxylic acid groups (broad SMARTS) is 2. The first kappa shape index (κ1) is 14.1. The molecule has 7 heteroatoms. The molecular formula is C9H14N2O5. The van der Waals surface area contributed by atoms with Gasteiger partial charge in [-0.05, 0) is 6.92 Å². The van der Waals surface area contributed by atoms with Crippen molar-refractivity contribution in [2.45, 2.75) is 25.4 Å². The number of nitrogens with two attached hydrogens (primary N) is 1. The Morgan fingerprint density at radius 2 is 1.88 bits per heavy atom. The second-order valence-electron chi connectivity index (χ2n) is 3.40. The zero-order valence-electron chi connectivity index (χ0n) is 8.82. The quantitative estimate of drug-likeness (QED) is 0.352. The molecule has 0 aliphatic rings. The topological polar surface area (TPSA) is 130 Å². The molecule has 0 aromatic heterocycles. The number of carbonyl (C=O) groups excluding carboxylic acids is 1. The molecule has 0 aromatic carbocycles. The van der Waals surface area contributed by atoms with Crippen molar-refractivity contribution < 1.29 is 24.6 Å². The van der Waals surface area contributed by atoms with Crippen molar-refractivity contribution in [1.82, 2.24) is 5.32 Å². The summed E-state index contributed by atoms with van der Waals surface area (Å²) in [5, 5.41) is 19.3. The SMILES string of the molecule is C=C(C)C(=O)N[C@](N)(CCC(=O)O)C(=O)O. The molecule has 7 nitrogen and oxygen atoms in total. The van der Waals surface area contributed by atoms with Crippen LogP contribution in [0.15, 0.2) is 12.2 Å². The first-order valence-electron chi connectivity index (χ1n) is 4.41. The Morgan fingerprint density at radius 1 is 1.38 bits per heavy atom. The largest absolute Gasteiger partial charge is 0.481 e. The molecule has 0 heterocycles. The van der Waals surface area contributed by atoms with E-state index in [1.165, 1.54) is 6.92 Å². The van der Waals surface area contributed by atoms with Gasteiger partial charge in [-0.3, -0.25) is 15.3 Å². The summed E-state index contributed by atoms with van der Waals surface area (Å²) >= 11 is 0. The summed E-state index contributed by atoms with van der Waals surface area (Å²) < 4.78 is 0. The lowest BCUT2D eigenvalue weighted by molar-refractivity contribution is -0.148. The minimum absolute atomic E-state index is 0.0893. The van der Waals surface area contributed by atoms with E-state index >= 15 is 0 Å². The van der Waals surface area contributed by atoms with Crippen LogP contribution in [0.2, 0.25) is 0 Å². The Hall–Kier alpha value is -1.89. The van der Waals surface area contributed by atoms with E-state index in [1.54, 1.807) is 0 Å². The van der Waals surface area contributed by atoms with E-state index < -0.39 is 36.4 Å². The molecule has 0 unspecified atom stereocenters. The molecule has 1 atom stereocenters. The monoisotopic (exact) mass is 230 g/mol. The highest BCUT2D eigenvalue weighted by molar-refractivity contribution is 5.96. The summed E-state index contributed by atoms with van der Waals surface area (Å²) in [7, 11) is 0. The highest BCUT2D eigenvalue weighted by Gasteiger charge is 2.36. The molecule has 0 aromatic rings. The van der Waals surface area contributed by atoms with Gasteiger partial charge in [-0.25, -0.2) is 4.79 Å². The predicted octanol–water partition coefficient (Wildman–Crippen LogP) is -0.717. The van der Waals surface area contributed by atoms with Crippen molar-refractivity contribution >= 4 is 17.8 Å². The standard InChI is InChI=1S/C9H14N2O5/c1-5(2)7(14)11-9(10,8(15)16)4-3-6(12)13/h1,3-4,10H2,2H3,(H,11,14)(H,12,13)(H,15,16)/t9-/m1/s1. The van der Waals surface area contributed by atoms with Crippen LogP contribution in [-0.2, 0) is 14.4 Å². The van der Waals surface area contributed by atoms with Gasteiger partial charge in [-0.15, -0.1) is 0 Å². The number of nitrogens with one attached hydrogen (secondary N) is 1. The first-order valence-corrected chi connectivity index (χ1v) is 4.41. The highest BCUT2D eigenvalue weighted by atomic mass is 16.4. The van der Waals surface area contributed by atoms with Crippen molar-refractivity contribution in [3.63, 3.8) is 0 Å². The fraction of sp³-hybridized carbons (Fsp3) is 0.444. The number of aliphatic carboxylic acids is 2. The van der Waals surface area contributed by atoms with Gasteiger partial charge in [0.05, 0.1) is 0 Å². The van der Waals surface area contributed by atoms with Gasteiger partial charge in [0.15, 0.2) is 5.66 Å². The molecule has 0 aliphatic carbocycles. The van der Waals surface area contributed by atoms with E-state index in [0.717, 1.165) is 0 Å². The zero-order chi connectivity index (χ0) is 12.9. The molecule has 5 N–H and O–H groups in total. The summed E-state index contributed by atoms with van der Waals surface area (Å²) in [5.74, 6) is -3.42. The van der Waals surface area contributed by atoms with Gasteiger partial charge in [0, 0.05) is 18.4 Å². The van der Waals surface area contributed by atoms with Gasteiger partial charge in [-0.1, -0.05) is 6.58 Å². The van der Waals surface area contributed by atoms with E-state index in [1.807, 2.05) is 5.32 Å². The fourth-order valence-electron chi connectivity index (χ4n) is 0.836. The van der Waals surface area contributed by atoms with Crippen LogP contribution in [0.1, 0.15) is 19.8 Å². The molecule has 0 saturated carbocycles. The lowest BCUT2D eigenvalue weighted by atomic mass is 10.0. The maximum Gasteiger partial charge on any atom is 0.344 e. The average molecular weight is 230 g/mol. The predicted molar refractivity (Wildman–Crippen MR) is 54.4 cm³/mol. The maximum atomic E-state index is 11.2. The van der Waals surface area contributed by atoms with Crippen molar-refractivity contribution in [3.8, 4) is 0 Å². The second kappa shape index (κ2) is 5.26. The third-order valence-electron chi connectivity index (χ3n) is 1.84.